The number of urea groups is 1. The standard InChI is InChI=1S/C18H22N2O5/c1-11-15(17(21)25-10-12-6-5-9-24-12)16(20-18(22)19-11)13-7-3-4-8-14(13)23-2/h3-4,7-8,12,16H,5-6,9-10H2,1-2H3,(H2,19,20,22)/t12-,16-/m0/s1. The molecule has 2 amide bonds. The number of hydrogen-bond donors (Lipinski definition) is 2. The topological polar surface area (TPSA) is 85.9 Å². The first-order valence-corrected chi connectivity index (χ1v) is 8.30. The number of hydrogen-bond acceptors (Lipinski definition) is 5. The van der Waals surface area contributed by atoms with Crippen LogP contribution in [0.1, 0.15) is 31.4 Å². The van der Waals surface area contributed by atoms with Crippen LogP contribution in [0.4, 0.5) is 4.79 Å². The number of methoxy groups -OCH3 is 1. The molecule has 2 heterocycles. The van der Waals surface area contributed by atoms with E-state index in [1.54, 1.807) is 20.1 Å². The molecular weight excluding hydrogens is 324 g/mol. The highest BCUT2D eigenvalue weighted by molar-refractivity contribution is 5.95. The van der Waals surface area contributed by atoms with Gasteiger partial charge in [-0.25, -0.2) is 9.59 Å². The molecule has 0 bridgehead atoms. The molecule has 2 atom stereocenters. The summed E-state index contributed by atoms with van der Waals surface area (Å²) >= 11 is 0. The Hall–Kier alpha value is -2.54. The van der Waals surface area contributed by atoms with Gasteiger partial charge in [0.1, 0.15) is 12.4 Å². The summed E-state index contributed by atoms with van der Waals surface area (Å²) in [4.78, 5) is 24.6. The van der Waals surface area contributed by atoms with Gasteiger partial charge in [-0.05, 0) is 25.8 Å². The SMILES string of the molecule is COc1ccccc1[C@@H]1NC(=O)NC(C)=C1C(=O)OC[C@@H]1CCCO1. The molecule has 2 N–H and O–H groups in total. The Balaban J connectivity index is 1.85. The number of esters is 1. The van der Waals surface area contributed by atoms with E-state index < -0.39 is 12.0 Å². The highest BCUT2D eigenvalue weighted by Crippen LogP contribution is 2.33. The lowest BCUT2D eigenvalue weighted by atomic mass is 9.95. The van der Waals surface area contributed by atoms with Crippen LogP contribution in [0.5, 0.6) is 5.75 Å². The van der Waals surface area contributed by atoms with Crippen LogP contribution in [0.2, 0.25) is 0 Å². The monoisotopic (exact) mass is 346 g/mol. The Labute approximate surface area is 146 Å². The Kier molecular flexibility index (Phi) is 5.23. The zero-order valence-corrected chi connectivity index (χ0v) is 14.3. The predicted octanol–water partition coefficient (Wildman–Crippen LogP) is 2.05. The molecule has 0 spiro atoms. The first kappa shape index (κ1) is 17.3. The average Bonchev–Trinajstić information content (AvgIpc) is 3.12. The van der Waals surface area contributed by atoms with Crippen molar-refractivity contribution < 1.29 is 23.8 Å². The van der Waals surface area contributed by atoms with Gasteiger partial charge in [-0.3, -0.25) is 0 Å². The van der Waals surface area contributed by atoms with Crippen LogP contribution in [-0.4, -0.2) is 38.4 Å². The summed E-state index contributed by atoms with van der Waals surface area (Å²) in [6, 6.07) is 6.25. The van der Waals surface area contributed by atoms with Gasteiger partial charge in [0.05, 0.1) is 24.8 Å². The van der Waals surface area contributed by atoms with Crippen molar-refractivity contribution in [3.05, 3.63) is 41.1 Å². The fourth-order valence-corrected chi connectivity index (χ4v) is 3.12. The molecule has 1 saturated heterocycles. The molecule has 7 heteroatoms. The van der Waals surface area contributed by atoms with Gasteiger partial charge in [-0.15, -0.1) is 0 Å². The van der Waals surface area contributed by atoms with Crippen LogP contribution in [-0.2, 0) is 14.3 Å². The summed E-state index contributed by atoms with van der Waals surface area (Å²) < 4.78 is 16.3. The van der Waals surface area contributed by atoms with Crippen LogP contribution < -0.4 is 15.4 Å². The van der Waals surface area contributed by atoms with Crippen LogP contribution >= 0.6 is 0 Å². The van der Waals surface area contributed by atoms with E-state index in [1.807, 2.05) is 18.2 Å². The Morgan fingerprint density at radius 1 is 1.36 bits per heavy atom. The molecule has 1 aromatic carbocycles. The van der Waals surface area contributed by atoms with Crippen LogP contribution in [0.15, 0.2) is 35.5 Å². The normalized spacial score (nSPS) is 23.0. The molecule has 0 aliphatic carbocycles. The number of ether oxygens (including phenoxy) is 3. The third-order valence-electron chi connectivity index (χ3n) is 4.36. The second kappa shape index (κ2) is 7.57. The number of nitrogens with one attached hydrogen (secondary N) is 2. The molecule has 3 rings (SSSR count). The van der Waals surface area contributed by atoms with Crippen molar-refractivity contribution >= 4 is 12.0 Å². The molecule has 0 unspecified atom stereocenters. The molecular formula is C18H22N2O5. The predicted molar refractivity (Wildman–Crippen MR) is 90.0 cm³/mol. The number of rotatable bonds is 5. The molecule has 0 radical (unpaired) electrons. The van der Waals surface area contributed by atoms with Crippen molar-refractivity contribution in [2.45, 2.75) is 31.9 Å². The molecule has 1 aromatic rings. The highest BCUT2D eigenvalue weighted by Gasteiger charge is 2.34. The fraction of sp³-hybridized carbons (Fsp3) is 0.444. The highest BCUT2D eigenvalue weighted by atomic mass is 16.6. The van der Waals surface area contributed by atoms with Crippen LogP contribution in [0.3, 0.4) is 0 Å². The summed E-state index contributed by atoms with van der Waals surface area (Å²) in [5.41, 5.74) is 1.53. The van der Waals surface area contributed by atoms with Crippen molar-refractivity contribution in [3.8, 4) is 5.75 Å². The fourth-order valence-electron chi connectivity index (χ4n) is 3.12. The third kappa shape index (κ3) is 3.76. The van der Waals surface area contributed by atoms with Gasteiger partial charge in [-0.2, -0.15) is 0 Å². The maximum absolute atomic E-state index is 12.7. The second-order valence-corrected chi connectivity index (χ2v) is 6.05. The van der Waals surface area contributed by atoms with Crippen LogP contribution in [0, 0.1) is 0 Å². The third-order valence-corrected chi connectivity index (χ3v) is 4.36. The summed E-state index contributed by atoms with van der Waals surface area (Å²) in [5.74, 6) is 0.114. The Morgan fingerprint density at radius 3 is 2.88 bits per heavy atom. The number of carbonyl (C=O) groups excluding carboxylic acids is 2. The molecule has 7 nitrogen and oxygen atoms in total. The number of carbonyl (C=O) groups is 2. The van der Waals surface area contributed by atoms with Crippen molar-refractivity contribution in [3.63, 3.8) is 0 Å². The molecule has 0 aromatic heterocycles. The van der Waals surface area contributed by atoms with E-state index in [9.17, 15) is 9.59 Å². The van der Waals surface area contributed by atoms with Gasteiger partial charge in [0.2, 0.25) is 0 Å². The van der Waals surface area contributed by atoms with E-state index in [-0.39, 0.29) is 18.7 Å². The zero-order chi connectivity index (χ0) is 17.8. The summed E-state index contributed by atoms with van der Waals surface area (Å²) in [6.07, 6.45) is 1.81. The van der Waals surface area contributed by atoms with Crippen molar-refractivity contribution in [2.24, 2.45) is 0 Å². The van der Waals surface area contributed by atoms with Crippen molar-refractivity contribution in [2.75, 3.05) is 20.3 Å². The molecule has 134 valence electrons. The van der Waals surface area contributed by atoms with Gasteiger partial charge in [0.25, 0.3) is 0 Å². The minimum absolute atomic E-state index is 0.0549. The Bertz CT molecular complexity index is 694. The minimum atomic E-state index is -0.637. The first-order chi connectivity index (χ1) is 12.1. The Morgan fingerprint density at radius 2 is 2.16 bits per heavy atom. The maximum Gasteiger partial charge on any atom is 0.338 e. The van der Waals surface area contributed by atoms with Gasteiger partial charge in [-0.1, -0.05) is 18.2 Å². The number of amides is 2. The van der Waals surface area contributed by atoms with Gasteiger partial charge in [0.15, 0.2) is 0 Å². The lowest BCUT2D eigenvalue weighted by Gasteiger charge is -2.29. The molecule has 2 aliphatic rings. The molecule has 2 aliphatic heterocycles. The van der Waals surface area contributed by atoms with Crippen LogP contribution in [0.25, 0.3) is 0 Å². The van der Waals surface area contributed by atoms with Gasteiger partial charge < -0.3 is 24.8 Å². The average molecular weight is 346 g/mol. The summed E-state index contributed by atoms with van der Waals surface area (Å²) in [7, 11) is 1.55. The number of benzene rings is 1. The number of allylic oxidation sites excluding steroid dienone is 1. The second-order valence-electron chi connectivity index (χ2n) is 6.05. The maximum atomic E-state index is 12.7. The minimum Gasteiger partial charge on any atom is -0.496 e. The lowest BCUT2D eigenvalue weighted by molar-refractivity contribution is -0.142. The van der Waals surface area contributed by atoms with Gasteiger partial charge in [0, 0.05) is 17.9 Å². The molecule has 25 heavy (non-hydrogen) atoms. The van der Waals surface area contributed by atoms with E-state index in [0.29, 0.717) is 29.2 Å². The molecule has 0 saturated carbocycles. The number of para-hydroxylation sites is 1. The summed E-state index contributed by atoms with van der Waals surface area (Å²) in [6.45, 7) is 2.59. The summed E-state index contributed by atoms with van der Waals surface area (Å²) in [5, 5.41) is 5.41. The van der Waals surface area contributed by atoms with E-state index >= 15 is 0 Å². The van der Waals surface area contributed by atoms with E-state index in [2.05, 4.69) is 10.6 Å². The van der Waals surface area contributed by atoms with Crippen molar-refractivity contribution in [1.82, 2.24) is 10.6 Å². The van der Waals surface area contributed by atoms with E-state index in [1.165, 1.54) is 0 Å². The largest absolute Gasteiger partial charge is 0.496 e. The van der Waals surface area contributed by atoms with E-state index in [4.69, 9.17) is 14.2 Å². The van der Waals surface area contributed by atoms with E-state index in [0.717, 1.165) is 12.8 Å². The van der Waals surface area contributed by atoms with Gasteiger partial charge >= 0.3 is 12.0 Å². The quantitative estimate of drug-likeness (QED) is 0.797. The van der Waals surface area contributed by atoms with Crippen molar-refractivity contribution in [1.29, 1.82) is 0 Å². The smallest absolute Gasteiger partial charge is 0.338 e. The lowest BCUT2D eigenvalue weighted by Crippen LogP contribution is -2.45. The zero-order valence-electron chi connectivity index (χ0n) is 14.3. The molecule has 1 fully saturated rings. The first-order valence-electron chi connectivity index (χ1n) is 8.30.